The highest BCUT2D eigenvalue weighted by atomic mass is 79.9. The highest BCUT2D eigenvalue weighted by Gasteiger charge is 2.36. The van der Waals surface area contributed by atoms with Gasteiger partial charge in [0.05, 0.1) is 0 Å². The topological polar surface area (TPSA) is 0 Å². The van der Waals surface area contributed by atoms with E-state index in [4.69, 9.17) is 0 Å². The highest BCUT2D eigenvalue weighted by molar-refractivity contribution is 9.10. The summed E-state index contributed by atoms with van der Waals surface area (Å²) in [6.07, 6.45) is 1.21. The second-order valence-corrected chi connectivity index (χ2v) is 5.55. The van der Waals surface area contributed by atoms with E-state index in [0.29, 0.717) is 11.3 Å². The largest absolute Gasteiger partial charge is 0.0609 e. The van der Waals surface area contributed by atoms with E-state index in [-0.39, 0.29) is 0 Å². The summed E-state index contributed by atoms with van der Waals surface area (Å²) < 4.78 is 1.28. The lowest BCUT2D eigenvalue weighted by Crippen LogP contribution is -2.14. The van der Waals surface area contributed by atoms with E-state index in [2.05, 4.69) is 54.9 Å². The third-order valence-electron chi connectivity index (χ3n) is 3.39. The van der Waals surface area contributed by atoms with Crippen molar-refractivity contribution in [3.63, 3.8) is 0 Å². The van der Waals surface area contributed by atoms with Gasteiger partial charge < -0.3 is 0 Å². The second kappa shape index (κ2) is 2.84. The number of hydrogen-bond donors (Lipinski definition) is 0. The molecule has 0 bridgehead atoms. The molecule has 0 unspecified atom stereocenters. The molecule has 0 aliphatic heterocycles. The van der Waals surface area contributed by atoms with Gasteiger partial charge in [-0.2, -0.15) is 0 Å². The van der Waals surface area contributed by atoms with Gasteiger partial charge in [-0.15, -0.1) is 0 Å². The molecule has 0 aromatic heterocycles. The van der Waals surface area contributed by atoms with Crippen LogP contribution in [0.5, 0.6) is 0 Å². The minimum absolute atomic E-state index is 0.423. The number of rotatable bonds is 0. The lowest BCUT2D eigenvalue weighted by atomic mass is 9.81. The molecule has 13 heavy (non-hydrogen) atoms. The molecule has 0 saturated heterocycles. The molecule has 0 radical (unpaired) electrons. The fourth-order valence-corrected chi connectivity index (χ4v) is 3.01. The van der Waals surface area contributed by atoms with Gasteiger partial charge >= 0.3 is 0 Å². The van der Waals surface area contributed by atoms with Crippen LogP contribution >= 0.6 is 15.9 Å². The predicted octanol–water partition coefficient (Wildman–Crippen LogP) is 4.13. The smallest absolute Gasteiger partial charge is 0.0212 e. The molecule has 1 aromatic carbocycles. The van der Waals surface area contributed by atoms with Gasteiger partial charge in [0, 0.05) is 4.47 Å². The van der Waals surface area contributed by atoms with Crippen molar-refractivity contribution in [1.82, 2.24) is 0 Å². The van der Waals surface area contributed by atoms with E-state index in [1.54, 1.807) is 0 Å². The summed E-state index contributed by atoms with van der Waals surface area (Å²) in [5.41, 5.74) is 3.46. The maximum atomic E-state index is 3.64. The summed E-state index contributed by atoms with van der Waals surface area (Å²) in [6.45, 7) is 7.03. The highest BCUT2D eigenvalue weighted by Crippen LogP contribution is 2.48. The summed E-state index contributed by atoms with van der Waals surface area (Å²) in [5, 5.41) is 0. The molecule has 1 aliphatic rings. The van der Waals surface area contributed by atoms with E-state index < -0.39 is 0 Å². The van der Waals surface area contributed by atoms with E-state index >= 15 is 0 Å². The third-order valence-corrected chi connectivity index (χ3v) is 4.09. The fourth-order valence-electron chi connectivity index (χ4n) is 2.26. The summed E-state index contributed by atoms with van der Waals surface area (Å²) in [4.78, 5) is 0. The van der Waals surface area contributed by atoms with Crippen molar-refractivity contribution in [1.29, 1.82) is 0 Å². The van der Waals surface area contributed by atoms with Crippen LogP contribution in [0.2, 0.25) is 0 Å². The van der Waals surface area contributed by atoms with Crippen molar-refractivity contribution in [2.75, 3.05) is 0 Å². The first-order valence-corrected chi connectivity index (χ1v) is 5.59. The van der Waals surface area contributed by atoms with E-state index in [1.807, 2.05) is 0 Å². The molecule has 2 rings (SSSR count). The number of benzene rings is 1. The first-order valence-electron chi connectivity index (χ1n) is 4.79. The Morgan fingerprint density at radius 1 is 1.38 bits per heavy atom. The quantitative estimate of drug-likeness (QED) is 0.638. The molecule has 0 fully saturated rings. The van der Waals surface area contributed by atoms with Crippen molar-refractivity contribution in [3.8, 4) is 0 Å². The zero-order valence-electron chi connectivity index (χ0n) is 8.39. The summed E-state index contributed by atoms with van der Waals surface area (Å²) in [6, 6.07) is 6.54. The Balaban J connectivity index is 2.57. The fraction of sp³-hybridized carbons (Fsp3) is 0.500. The zero-order valence-corrected chi connectivity index (χ0v) is 9.98. The van der Waals surface area contributed by atoms with Crippen LogP contribution in [0.4, 0.5) is 0 Å². The van der Waals surface area contributed by atoms with Crippen molar-refractivity contribution in [3.05, 3.63) is 33.8 Å². The van der Waals surface area contributed by atoms with Gasteiger partial charge in [0.15, 0.2) is 0 Å². The molecule has 1 atom stereocenters. The van der Waals surface area contributed by atoms with Crippen LogP contribution in [0.25, 0.3) is 0 Å². The molecule has 0 spiro atoms. The Bertz CT molecular complexity index is 339. The Morgan fingerprint density at radius 2 is 2.08 bits per heavy atom. The van der Waals surface area contributed by atoms with Crippen LogP contribution in [-0.2, 0) is 6.42 Å². The molecular weight excluding hydrogens is 224 g/mol. The number of hydrogen-bond acceptors (Lipinski definition) is 0. The monoisotopic (exact) mass is 238 g/mol. The van der Waals surface area contributed by atoms with Crippen LogP contribution in [0.15, 0.2) is 22.7 Å². The van der Waals surface area contributed by atoms with Crippen molar-refractivity contribution in [2.24, 2.45) is 5.41 Å². The normalized spacial score (nSPS) is 24.5. The molecule has 1 aliphatic carbocycles. The Labute approximate surface area is 88.5 Å². The lowest BCUT2D eigenvalue weighted by molar-refractivity contribution is 0.330. The van der Waals surface area contributed by atoms with Crippen molar-refractivity contribution >= 4 is 15.9 Å². The predicted molar refractivity (Wildman–Crippen MR) is 60.0 cm³/mol. The summed E-state index contributed by atoms with van der Waals surface area (Å²) >= 11 is 3.64. The van der Waals surface area contributed by atoms with Crippen LogP contribution in [0.3, 0.4) is 0 Å². The molecular formula is C12H15Br. The number of halogens is 1. The average Bonchev–Trinajstić information content (AvgIpc) is 2.24. The zero-order chi connectivity index (χ0) is 9.64. The van der Waals surface area contributed by atoms with Crippen molar-refractivity contribution in [2.45, 2.75) is 33.1 Å². The molecule has 1 heteroatoms. The minimum atomic E-state index is 0.423. The first-order chi connectivity index (χ1) is 6.02. The van der Waals surface area contributed by atoms with E-state index in [0.717, 1.165) is 0 Å². The van der Waals surface area contributed by atoms with Gasteiger partial charge in [-0.3, -0.25) is 0 Å². The van der Waals surface area contributed by atoms with E-state index in [1.165, 1.54) is 22.0 Å². The molecule has 0 saturated carbocycles. The molecule has 0 N–H and O–H groups in total. The Hall–Kier alpha value is -0.300. The van der Waals surface area contributed by atoms with Crippen LogP contribution in [0.1, 0.15) is 37.8 Å². The van der Waals surface area contributed by atoms with Crippen molar-refractivity contribution < 1.29 is 0 Å². The summed E-state index contributed by atoms with van der Waals surface area (Å²) in [5.74, 6) is 0.665. The molecule has 0 heterocycles. The lowest BCUT2D eigenvalue weighted by Gasteiger charge is -2.23. The molecule has 0 nitrogen and oxygen atoms in total. The maximum Gasteiger partial charge on any atom is 0.0212 e. The standard InChI is InChI=1S/C12H15Br/c1-8-11-9(7-12(8,2)3)5-4-6-10(11)13/h4-6,8H,7H2,1-3H3/t8-/m1/s1. The van der Waals surface area contributed by atoms with Gasteiger partial charge in [-0.05, 0) is 34.9 Å². The minimum Gasteiger partial charge on any atom is -0.0609 e. The van der Waals surface area contributed by atoms with Gasteiger partial charge in [-0.1, -0.05) is 48.8 Å². The second-order valence-electron chi connectivity index (χ2n) is 4.70. The average molecular weight is 239 g/mol. The van der Waals surface area contributed by atoms with Crippen LogP contribution in [-0.4, -0.2) is 0 Å². The van der Waals surface area contributed by atoms with Gasteiger partial charge in [0.2, 0.25) is 0 Å². The number of fused-ring (bicyclic) bond motifs is 1. The van der Waals surface area contributed by atoms with Crippen LogP contribution < -0.4 is 0 Å². The molecule has 1 aromatic rings. The van der Waals surface area contributed by atoms with E-state index in [9.17, 15) is 0 Å². The third kappa shape index (κ3) is 1.34. The first kappa shape index (κ1) is 9.26. The van der Waals surface area contributed by atoms with Gasteiger partial charge in [0.25, 0.3) is 0 Å². The van der Waals surface area contributed by atoms with Crippen LogP contribution in [0, 0.1) is 5.41 Å². The maximum absolute atomic E-state index is 3.64. The Morgan fingerprint density at radius 3 is 2.69 bits per heavy atom. The molecule has 70 valence electrons. The summed E-state index contributed by atoms with van der Waals surface area (Å²) in [7, 11) is 0. The Kier molecular flexibility index (Phi) is 2.03. The van der Waals surface area contributed by atoms with Gasteiger partial charge in [-0.25, -0.2) is 0 Å². The SMILES string of the molecule is C[C@@H]1c2c(Br)cccc2CC1(C)C. The van der Waals surface area contributed by atoms with Gasteiger partial charge in [0.1, 0.15) is 0 Å². The molecule has 0 amide bonds.